The second-order valence-corrected chi connectivity index (χ2v) is 5.86. The van der Waals surface area contributed by atoms with Crippen LogP contribution in [0.15, 0.2) is 41.9 Å². The molecule has 1 atom stereocenters. The lowest BCUT2D eigenvalue weighted by atomic mass is 9.96. The van der Waals surface area contributed by atoms with E-state index in [9.17, 15) is 4.79 Å². The maximum atomic E-state index is 12.7. The number of carbonyl (C=O) groups excluding carboxylic acids is 1. The van der Waals surface area contributed by atoms with Gasteiger partial charge in [0.2, 0.25) is 5.95 Å². The first-order chi connectivity index (χ1) is 12.2. The van der Waals surface area contributed by atoms with Crippen LogP contribution in [0, 0.1) is 0 Å². The van der Waals surface area contributed by atoms with Crippen LogP contribution in [0.3, 0.4) is 0 Å². The zero-order valence-corrected chi connectivity index (χ0v) is 14.7. The summed E-state index contributed by atoms with van der Waals surface area (Å²) in [6.45, 7) is 4.32. The predicted molar refractivity (Wildman–Crippen MR) is 93.3 cm³/mol. The number of hydrogen-bond acceptors (Lipinski definition) is 6. The molecule has 0 spiro atoms. The second kappa shape index (κ2) is 7.38. The van der Waals surface area contributed by atoms with Crippen LogP contribution in [0.1, 0.15) is 38.3 Å². The Bertz CT molecular complexity index is 780. The smallest absolute Gasteiger partial charge is 0.338 e. The maximum Gasteiger partial charge on any atom is 0.338 e. The zero-order chi connectivity index (χ0) is 17.8. The molecule has 0 amide bonds. The lowest BCUT2D eigenvalue weighted by molar-refractivity contribution is -0.139. The topological polar surface area (TPSA) is 78.3 Å². The van der Waals surface area contributed by atoms with Gasteiger partial charge in [-0.3, -0.25) is 0 Å². The van der Waals surface area contributed by atoms with Gasteiger partial charge in [-0.1, -0.05) is 25.5 Å². The van der Waals surface area contributed by atoms with Gasteiger partial charge in [0.05, 0.1) is 19.3 Å². The molecule has 1 N–H and O–H groups in total. The number of carbonyl (C=O) groups is 1. The molecule has 1 aliphatic heterocycles. The number of unbranched alkanes of at least 4 members (excludes halogenated alkanes) is 1. The van der Waals surface area contributed by atoms with E-state index in [0.29, 0.717) is 18.1 Å². The fourth-order valence-electron chi connectivity index (χ4n) is 2.84. The number of benzene rings is 1. The summed E-state index contributed by atoms with van der Waals surface area (Å²) in [5.41, 5.74) is 2.18. The molecule has 132 valence electrons. The van der Waals surface area contributed by atoms with Gasteiger partial charge in [-0.25, -0.2) is 9.48 Å². The molecule has 0 saturated carbocycles. The molecular formula is C18H22N4O3. The highest BCUT2D eigenvalue weighted by Crippen LogP contribution is 2.35. The Morgan fingerprint density at radius 3 is 2.76 bits per heavy atom. The fourth-order valence-corrected chi connectivity index (χ4v) is 2.84. The first kappa shape index (κ1) is 17.0. The molecule has 0 aliphatic carbocycles. The Morgan fingerprint density at radius 2 is 2.08 bits per heavy atom. The summed E-state index contributed by atoms with van der Waals surface area (Å²) >= 11 is 0. The van der Waals surface area contributed by atoms with Crippen LogP contribution in [-0.4, -0.2) is 34.5 Å². The van der Waals surface area contributed by atoms with E-state index in [1.807, 2.05) is 31.2 Å². The number of rotatable bonds is 6. The molecular weight excluding hydrogens is 320 g/mol. The van der Waals surface area contributed by atoms with Gasteiger partial charge in [0.1, 0.15) is 18.1 Å². The number of nitrogens with zero attached hydrogens (tertiary/aromatic N) is 3. The van der Waals surface area contributed by atoms with Crippen LogP contribution in [0.25, 0.3) is 0 Å². The third-order valence-electron chi connectivity index (χ3n) is 4.18. The van der Waals surface area contributed by atoms with Crippen LogP contribution in [0.5, 0.6) is 5.75 Å². The minimum Gasteiger partial charge on any atom is -0.497 e. The molecule has 1 aliphatic rings. The van der Waals surface area contributed by atoms with Gasteiger partial charge in [-0.2, -0.15) is 10.1 Å². The van der Waals surface area contributed by atoms with Crippen LogP contribution >= 0.6 is 0 Å². The fraction of sp³-hybridized carbons (Fsp3) is 0.389. The summed E-state index contributed by atoms with van der Waals surface area (Å²) in [7, 11) is 1.62. The Balaban J connectivity index is 1.99. The molecule has 0 bridgehead atoms. The molecule has 0 radical (unpaired) electrons. The van der Waals surface area contributed by atoms with Crippen molar-refractivity contribution in [2.45, 2.75) is 32.7 Å². The summed E-state index contributed by atoms with van der Waals surface area (Å²) in [5.74, 6) is 1.02. The Labute approximate surface area is 146 Å². The number of hydrogen-bond donors (Lipinski definition) is 1. The molecule has 1 aromatic carbocycles. The summed E-state index contributed by atoms with van der Waals surface area (Å²) in [6.07, 6.45) is 3.28. The minimum absolute atomic E-state index is 0.333. The number of esters is 1. The minimum atomic E-state index is -0.390. The molecule has 1 aromatic heterocycles. The van der Waals surface area contributed by atoms with Gasteiger partial charge in [-0.15, -0.1) is 0 Å². The number of allylic oxidation sites excluding steroid dienone is 1. The van der Waals surface area contributed by atoms with Crippen molar-refractivity contribution < 1.29 is 14.3 Å². The van der Waals surface area contributed by atoms with Gasteiger partial charge in [0, 0.05) is 5.70 Å². The molecule has 2 heterocycles. The first-order valence-corrected chi connectivity index (χ1v) is 8.34. The highest BCUT2D eigenvalue weighted by atomic mass is 16.5. The van der Waals surface area contributed by atoms with E-state index in [2.05, 4.69) is 22.3 Å². The normalized spacial score (nSPS) is 16.2. The van der Waals surface area contributed by atoms with Crippen molar-refractivity contribution in [3.05, 3.63) is 47.4 Å². The number of fused-ring (bicyclic) bond motifs is 1. The average molecular weight is 342 g/mol. The molecule has 2 aromatic rings. The van der Waals surface area contributed by atoms with E-state index in [4.69, 9.17) is 9.47 Å². The number of anilines is 1. The van der Waals surface area contributed by atoms with E-state index in [-0.39, 0.29) is 5.97 Å². The predicted octanol–water partition coefficient (Wildman–Crippen LogP) is 2.92. The molecule has 0 saturated heterocycles. The van der Waals surface area contributed by atoms with Crippen LogP contribution in [0.4, 0.5) is 5.95 Å². The molecule has 7 heteroatoms. The average Bonchev–Trinajstić information content (AvgIpc) is 3.08. The highest BCUT2D eigenvalue weighted by molar-refractivity contribution is 5.92. The van der Waals surface area contributed by atoms with E-state index in [0.717, 1.165) is 29.9 Å². The lowest BCUT2D eigenvalue weighted by Gasteiger charge is -2.28. The molecule has 7 nitrogen and oxygen atoms in total. The van der Waals surface area contributed by atoms with Crippen molar-refractivity contribution in [3.8, 4) is 5.75 Å². The summed E-state index contributed by atoms with van der Waals surface area (Å²) < 4.78 is 12.4. The molecule has 3 rings (SSSR count). The maximum absolute atomic E-state index is 12.7. The van der Waals surface area contributed by atoms with Crippen molar-refractivity contribution in [2.75, 3.05) is 19.0 Å². The van der Waals surface area contributed by atoms with E-state index in [1.165, 1.54) is 6.33 Å². The third-order valence-corrected chi connectivity index (χ3v) is 4.18. The summed E-state index contributed by atoms with van der Waals surface area (Å²) in [5, 5.41) is 7.42. The largest absolute Gasteiger partial charge is 0.497 e. The van der Waals surface area contributed by atoms with E-state index in [1.54, 1.807) is 11.8 Å². The van der Waals surface area contributed by atoms with Gasteiger partial charge in [0.25, 0.3) is 0 Å². The van der Waals surface area contributed by atoms with E-state index < -0.39 is 6.04 Å². The third kappa shape index (κ3) is 3.35. The zero-order valence-electron chi connectivity index (χ0n) is 14.7. The lowest BCUT2D eigenvalue weighted by Crippen LogP contribution is -2.29. The SMILES string of the molecule is CCCCOC(=O)C1=C(C)Nc2ncnn2[C@H]1c1ccc(OC)cc1. The summed E-state index contributed by atoms with van der Waals surface area (Å²) in [4.78, 5) is 16.9. The number of methoxy groups -OCH3 is 1. The van der Waals surface area contributed by atoms with Crippen molar-refractivity contribution in [2.24, 2.45) is 0 Å². The van der Waals surface area contributed by atoms with Crippen molar-refractivity contribution in [1.82, 2.24) is 14.8 Å². The van der Waals surface area contributed by atoms with Gasteiger partial charge < -0.3 is 14.8 Å². The Morgan fingerprint density at radius 1 is 1.32 bits per heavy atom. The second-order valence-electron chi connectivity index (χ2n) is 5.86. The van der Waals surface area contributed by atoms with Crippen LogP contribution in [-0.2, 0) is 9.53 Å². The summed E-state index contributed by atoms with van der Waals surface area (Å²) in [6, 6.07) is 7.19. The number of ether oxygens (including phenoxy) is 2. The molecule has 25 heavy (non-hydrogen) atoms. The Hall–Kier alpha value is -2.83. The van der Waals surface area contributed by atoms with Gasteiger partial charge >= 0.3 is 5.97 Å². The van der Waals surface area contributed by atoms with Crippen molar-refractivity contribution in [1.29, 1.82) is 0 Å². The monoisotopic (exact) mass is 342 g/mol. The number of aromatic nitrogens is 3. The van der Waals surface area contributed by atoms with Crippen molar-refractivity contribution >= 4 is 11.9 Å². The highest BCUT2D eigenvalue weighted by Gasteiger charge is 2.34. The van der Waals surface area contributed by atoms with Gasteiger partial charge in [0.15, 0.2) is 0 Å². The Kier molecular flexibility index (Phi) is 5.02. The van der Waals surface area contributed by atoms with Crippen LogP contribution < -0.4 is 10.1 Å². The standard InChI is InChI=1S/C18H22N4O3/c1-4-5-10-25-17(23)15-12(2)21-18-19-11-20-22(18)16(15)13-6-8-14(24-3)9-7-13/h6-9,11,16H,4-5,10H2,1-3H3,(H,19,20,21)/t16-/m0/s1. The van der Waals surface area contributed by atoms with Crippen LogP contribution in [0.2, 0.25) is 0 Å². The first-order valence-electron chi connectivity index (χ1n) is 8.34. The van der Waals surface area contributed by atoms with E-state index >= 15 is 0 Å². The van der Waals surface area contributed by atoms with Gasteiger partial charge in [-0.05, 0) is 31.0 Å². The van der Waals surface area contributed by atoms with Crippen molar-refractivity contribution in [3.63, 3.8) is 0 Å². The molecule has 0 unspecified atom stereocenters. The quantitative estimate of drug-likeness (QED) is 0.642. The number of nitrogens with one attached hydrogen (secondary N) is 1. The molecule has 0 fully saturated rings.